The van der Waals surface area contributed by atoms with E-state index < -0.39 is 0 Å². The van der Waals surface area contributed by atoms with Crippen LogP contribution >= 0.6 is 11.8 Å². The Kier molecular flexibility index (Phi) is 6.09. The number of nitrogens with zero attached hydrogens (tertiary/aromatic N) is 2. The number of aromatic hydroxyl groups is 2. The summed E-state index contributed by atoms with van der Waals surface area (Å²) in [6, 6.07) is 22.6. The van der Waals surface area contributed by atoms with Gasteiger partial charge in [-0.15, -0.1) is 11.8 Å². The van der Waals surface area contributed by atoms with Gasteiger partial charge in [0.15, 0.2) is 0 Å². The fourth-order valence-corrected chi connectivity index (χ4v) is 5.92. The number of piperazine rings is 1. The molecule has 1 fully saturated rings. The normalized spacial score (nSPS) is 16.9. The molecule has 0 bridgehead atoms. The summed E-state index contributed by atoms with van der Waals surface area (Å²) in [5.74, 6) is 1.39. The van der Waals surface area contributed by atoms with E-state index in [9.17, 15) is 10.2 Å². The van der Waals surface area contributed by atoms with Crippen molar-refractivity contribution in [3.05, 3.63) is 83.4 Å². The van der Waals surface area contributed by atoms with Gasteiger partial charge in [0, 0.05) is 48.6 Å². The summed E-state index contributed by atoms with van der Waals surface area (Å²) in [6.45, 7) is 8.84. The van der Waals surface area contributed by atoms with Crippen molar-refractivity contribution in [1.82, 2.24) is 4.90 Å². The van der Waals surface area contributed by atoms with Crippen LogP contribution in [0.1, 0.15) is 30.5 Å². The molecular formula is C28H30N2O2S. The summed E-state index contributed by atoms with van der Waals surface area (Å²) in [6.07, 6.45) is 0. The monoisotopic (exact) mass is 458 g/mol. The van der Waals surface area contributed by atoms with Crippen LogP contribution in [0.5, 0.6) is 11.5 Å². The average Bonchev–Trinajstić information content (AvgIpc) is 2.84. The van der Waals surface area contributed by atoms with Crippen LogP contribution in [0.2, 0.25) is 0 Å². The highest BCUT2D eigenvalue weighted by atomic mass is 32.2. The molecular weight excluding hydrogens is 428 g/mol. The van der Waals surface area contributed by atoms with Crippen LogP contribution in [0.3, 0.4) is 0 Å². The van der Waals surface area contributed by atoms with Crippen molar-refractivity contribution in [2.24, 2.45) is 0 Å². The lowest BCUT2D eigenvalue weighted by Gasteiger charge is -2.38. The molecule has 5 rings (SSSR count). The molecule has 0 radical (unpaired) electrons. The van der Waals surface area contributed by atoms with E-state index >= 15 is 0 Å². The van der Waals surface area contributed by atoms with Crippen LogP contribution < -0.4 is 4.90 Å². The molecule has 33 heavy (non-hydrogen) atoms. The summed E-state index contributed by atoms with van der Waals surface area (Å²) in [4.78, 5) is 6.10. The second kappa shape index (κ2) is 9.16. The molecule has 2 N–H and O–H groups in total. The Hall–Kier alpha value is -2.89. The van der Waals surface area contributed by atoms with E-state index in [-0.39, 0.29) is 5.75 Å². The van der Waals surface area contributed by atoms with Gasteiger partial charge in [0.25, 0.3) is 0 Å². The van der Waals surface area contributed by atoms with Gasteiger partial charge in [0.05, 0.1) is 0 Å². The maximum absolute atomic E-state index is 10.0. The minimum Gasteiger partial charge on any atom is -0.508 e. The lowest BCUT2D eigenvalue weighted by Crippen LogP contribution is -2.48. The van der Waals surface area contributed by atoms with Crippen LogP contribution in [0.15, 0.2) is 71.6 Å². The Morgan fingerprint density at radius 2 is 1.39 bits per heavy atom. The minimum absolute atomic E-state index is 0.275. The predicted octanol–water partition coefficient (Wildman–Crippen LogP) is 5.69. The fraction of sp³-hybridized carbons (Fsp3) is 0.286. The molecule has 2 aliphatic heterocycles. The Morgan fingerprint density at radius 1 is 0.758 bits per heavy atom. The Bertz CT molecular complexity index is 1160. The van der Waals surface area contributed by atoms with Crippen LogP contribution in [0.25, 0.3) is 11.1 Å². The van der Waals surface area contributed by atoms with Gasteiger partial charge in [-0.25, -0.2) is 0 Å². The van der Waals surface area contributed by atoms with Crippen molar-refractivity contribution in [2.45, 2.75) is 24.8 Å². The fourth-order valence-electron chi connectivity index (χ4n) is 4.78. The van der Waals surface area contributed by atoms with Crippen molar-refractivity contribution in [3.8, 4) is 11.5 Å². The smallest absolute Gasteiger partial charge is 0.116 e. The molecule has 0 saturated carbocycles. The number of benzene rings is 3. The maximum Gasteiger partial charge on any atom is 0.116 e. The largest absolute Gasteiger partial charge is 0.508 e. The second-order valence-corrected chi connectivity index (χ2v) is 10.1. The number of phenols is 2. The first-order valence-electron chi connectivity index (χ1n) is 11.6. The SMILES string of the molecule is CC(C)N1CCN(c2ccc(C3=C(c4ccc(O)cc4)CSc4cc(O)ccc43)cc2)CC1. The summed E-state index contributed by atoms with van der Waals surface area (Å²) < 4.78 is 0. The van der Waals surface area contributed by atoms with E-state index in [0.29, 0.717) is 11.8 Å². The highest BCUT2D eigenvalue weighted by molar-refractivity contribution is 7.99. The molecule has 170 valence electrons. The highest BCUT2D eigenvalue weighted by Gasteiger charge is 2.23. The molecule has 0 amide bonds. The minimum atomic E-state index is 0.275. The molecule has 2 aliphatic rings. The lowest BCUT2D eigenvalue weighted by molar-refractivity contribution is 0.209. The second-order valence-electron chi connectivity index (χ2n) is 9.03. The van der Waals surface area contributed by atoms with E-state index in [1.807, 2.05) is 24.3 Å². The molecule has 0 atom stereocenters. The van der Waals surface area contributed by atoms with Crippen molar-refractivity contribution in [1.29, 1.82) is 0 Å². The molecule has 0 unspecified atom stereocenters. The number of hydrogen-bond acceptors (Lipinski definition) is 5. The standard InChI is InChI=1S/C28H30N2O2S/c1-19(2)29-13-15-30(16-14-29)22-7-3-21(4-8-22)28-25-12-11-24(32)17-27(25)33-18-26(28)20-5-9-23(31)10-6-20/h3-12,17,19,31-32H,13-16,18H2,1-2H3. The van der Waals surface area contributed by atoms with Gasteiger partial charge in [-0.1, -0.05) is 24.3 Å². The van der Waals surface area contributed by atoms with E-state index in [4.69, 9.17) is 0 Å². The number of phenolic OH excluding ortho intramolecular Hbond substituents is 2. The third kappa shape index (κ3) is 4.48. The van der Waals surface area contributed by atoms with Gasteiger partial charge in [0.1, 0.15) is 11.5 Å². The molecule has 0 spiro atoms. The van der Waals surface area contributed by atoms with Crippen LogP contribution in [-0.4, -0.2) is 53.1 Å². The molecule has 4 nitrogen and oxygen atoms in total. The van der Waals surface area contributed by atoms with Crippen LogP contribution in [0.4, 0.5) is 5.69 Å². The first kappa shape index (κ1) is 21.9. The number of thioether (sulfide) groups is 1. The van der Waals surface area contributed by atoms with Gasteiger partial charge < -0.3 is 15.1 Å². The predicted molar refractivity (Wildman–Crippen MR) is 138 cm³/mol. The third-order valence-corrected chi connectivity index (χ3v) is 7.77. The van der Waals surface area contributed by atoms with Gasteiger partial charge in [-0.3, -0.25) is 4.90 Å². The van der Waals surface area contributed by atoms with Gasteiger partial charge in [0.2, 0.25) is 0 Å². The maximum atomic E-state index is 10.0. The van der Waals surface area contributed by atoms with Crippen molar-refractivity contribution in [2.75, 3.05) is 36.8 Å². The Balaban J connectivity index is 1.51. The van der Waals surface area contributed by atoms with E-state index in [1.165, 1.54) is 22.4 Å². The van der Waals surface area contributed by atoms with Gasteiger partial charge in [-0.2, -0.15) is 0 Å². The molecule has 5 heteroatoms. The number of hydrogen-bond donors (Lipinski definition) is 2. The molecule has 0 aromatic heterocycles. The highest BCUT2D eigenvalue weighted by Crippen LogP contribution is 2.45. The molecule has 3 aromatic rings. The first-order chi connectivity index (χ1) is 16.0. The van der Waals surface area contributed by atoms with Crippen LogP contribution in [-0.2, 0) is 0 Å². The lowest BCUT2D eigenvalue weighted by atomic mass is 9.89. The van der Waals surface area contributed by atoms with E-state index in [1.54, 1.807) is 30.0 Å². The van der Waals surface area contributed by atoms with Crippen molar-refractivity contribution < 1.29 is 10.2 Å². The zero-order chi connectivity index (χ0) is 22.9. The number of anilines is 1. The zero-order valence-corrected chi connectivity index (χ0v) is 20.0. The van der Waals surface area contributed by atoms with Gasteiger partial charge >= 0.3 is 0 Å². The van der Waals surface area contributed by atoms with Gasteiger partial charge in [-0.05, 0) is 84.1 Å². The molecule has 0 aliphatic carbocycles. The van der Waals surface area contributed by atoms with E-state index in [2.05, 4.69) is 47.9 Å². The first-order valence-corrected chi connectivity index (χ1v) is 12.6. The molecule has 1 saturated heterocycles. The average molecular weight is 459 g/mol. The number of fused-ring (bicyclic) bond motifs is 1. The van der Waals surface area contributed by atoms with Crippen molar-refractivity contribution in [3.63, 3.8) is 0 Å². The van der Waals surface area contributed by atoms with Crippen molar-refractivity contribution >= 4 is 28.6 Å². The summed E-state index contributed by atoms with van der Waals surface area (Å²) in [5.41, 5.74) is 7.15. The summed E-state index contributed by atoms with van der Waals surface area (Å²) in [5, 5.41) is 19.8. The summed E-state index contributed by atoms with van der Waals surface area (Å²) >= 11 is 1.74. The molecule has 3 aromatic carbocycles. The topological polar surface area (TPSA) is 46.9 Å². The van der Waals surface area contributed by atoms with E-state index in [0.717, 1.165) is 48.0 Å². The number of rotatable bonds is 4. The molecule has 2 heterocycles. The van der Waals surface area contributed by atoms with Crippen LogP contribution in [0, 0.1) is 0 Å². The Morgan fingerprint density at radius 3 is 2.06 bits per heavy atom. The third-order valence-electron chi connectivity index (χ3n) is 6.69. The zero-order valence-electron chi connectivity index (χ0n) is 19.2. The summed E-state index contributed by atoms with van der Waals surface area (Å²) in [7, 11) is 0. The quantitative estimate of drug-likeness (QED) is 0.526. The Labute approximate surface area is 200 Å².